The van der Waals surface area contributed by atoms with Crippen molar-refractivity contribution >= 4 is 17.3 Å². The number of nitrogens with zero attached hydrogens (tertiary/aromatic N) is 6. The molecule has 2 aromatic heterocycles. The summed E-state index contributed by atoms with van der Waals surface area (Å²) in [5.74, 6) is -1.36. The van der Waals surface area contributed by atoms with Gasteiger partial charge >= 0.3 is 11.5 Å². The number of carbonyl (C=O) groups excluding carboxylic acids is 1. The number of ketones is 1. The van der Waals surface area contributed by atoms with E-state index >= 15 is 0 Å². The zero-order chi connectivity index (χ0) is 15.7. The summed E-state index contributed by atoms with van der Waals surface area (Å²) in [6.07, 6.45) is 0. The number of aromatic nitrogens is 4. The molecule has 110 valence electrons. The summed E-state index contributed by atoms with van der Waals surface area (Å²) in [5, 5.41) is 32.5. The van der Waals surface area contributed by atoms with Gasteiger partial charge in [-0.15, -0.1) is 0 Å². The van der Waals surface area contributed by atoms with Gasteiger partial charge in [-0.05, 0) is 23.9 Å². The fraction of sp³-hybridized carbons (Fsp3) is 0.333. The summed E-state index contributed by atoms with van der Waals surface area (Å²) in [6.45, 7) is 2.29. The number of nitro groups is 2. The van der Waals surface area contributed by atoms with Gasteiger partial charge in [0.15, 0.2) is 11.5 Å². The van der Waals surface area contributed by atoms with E-state index in [1.165, 1.54) is 13.8 Å². The summed E-state index contributed by atoms with van der Waals surface area (Å²) in [6, 6.07) is 0. The van der Waals surface area contributed by atoms with E-state index in [9.17, 15) is 25.0 Å². The van der Waals surface area contributed by atoms with Crippen LogP contribution in [0, 0.1) is 27.2 Å². The smallest absolute Gasteiger partial charge is 0.358 e. The molecule has 0 aliphatic heterocycles. The molecule has 0 amide bonds. The Morgan fingerprint density at radius 3 is 2.38 bits per heavy atom. The minimum absolute atomic E-state index is 0.0800. The fourth-order valence-corrected chi connectivity index (χ4v) is 1.74. The van der Waals surface area contributed by atoms with Crippen molar-refractivity contribution in [2.45, 2.75) is 20.4 Å². The predicted octanol–water partition coefficient (Wildman–Crippen LogP) is 0.647. The molecule has 0 radical (unpaired) electrons. The Kier molecular flexibility index (Phi) is 3.44. The molecule has 0 spiro atoms. The first-order chi connectivity index (χ1) is 9.82. The molecule has 2 rings (SSSR count). The van der Waals surface area contributed by atoms with Crippen LogP contribution in [0.15, 0.2) is 4.63 Å². The topological polar surface area (TPSA) is 160 Å². The molecule has 2 aromatic rings. The van der Waals surface area contributed by atoms with E-state index in [1.54, 1.807) is 0 Å². The Labute approximate surface area is 115 Å². The molecule has 0 fully saturated rings. The first-order valence-corrected chi connectivity index (χ1v) is 5.51. The number of aryl methyl sites for hydroxylation is 1. The van der Waals surface area contributed by atoms with Gasteiger partial charge in [0.1, 0.15) is 12.2 Å². The summed E-state index contributed by atoms with van der Waals surface area (Å²) < 4.78 is 5.30. The summed E-state index contributed by atoms with van der Waals surface area (Å²) in [4.78, 5) is 31.3. The Morgan fingerprint density at radius 2 is 1.95 bits per heavy atom. The molecular weight excluding hydrogens is 288 g/mol. The van der Waals surface area contributed by atoms with Crippen LogP contribution < -0.4 is 0 Å². The third kappa shape index (κ3) is 2.45. The fourth-order valence-electron chi connectivity index (χ4n) is 1.74. The summed E-state index contributed by atoms with van der Waals surface area (Å²) in [5.41, 5.74) is -1.05. The second-order valence-corrected chi connectivity index (χ2v) is 4.09. The third-order valence-electron chi connectivity index (χ3n) is 2.51. The molecule has 2 heterocycles. The minimum atomic E-state index is -0.999. The molecule has 0 unspecified atom stereocenters. The largest absolute Gasteiger partial charge is 0.468 e. The molecule has 0 saturated heterocycles. The number of rotatable bonds is 5. The third-order valence-corrected chi connectivity index (χ3v) is 2.51. The number of hydrogen-bond acceptors (Lipinski definition) is 9. The van der Waals surface area contributed by atoms with Crippen LogP contribution in [0.2, 0.25) is 0 Å². The van der Waals surface area contributed by atoms with Crippen LogP contribution in [0.5, 0.6) is 0 Å². The van der Waals surface area contributed by atoms with Crippen LogP contribution in [0.25, 0.3) is 11.4 Å². The second-order valence-electron chi connectivity index (χ2n) is 4.09. The SMILES string of the molecule is CC(=O)Cn1nc([N+](=O)[O-])c([N+](=O)[O-])c1-c1nonc1C. The van der Waals surface area contributed by atoms with Crippen LogP contribution in [0.1, 0.15) is 12.6 Å². The van der Waals surface area contributed by atoms with Crippen molar-refractivity contribution in [3.05, 3.63) is 25.9 Å². The van der Waals surface area contributed by atoms with Gasteiger partial charge < -0.3 is 10.1 Å². The van der Waals surface area contributed by atoms with Crippen molar-refractivity contribution in [2.24, 2.45) is 0 Å². The molecule has 12 nitrogen and oxygen atoms in total. The Hall–Kier alpha value is -3.18. The summed E-state index contributed by atoms with van der Waals surface area (Å²) >= 11 is 0. The molecule has 0 aliphatic carbocycles. The molecule has 0 aromatic carbocycles. The number of carbonyl (C=O) groups is 1. The zero-order valence-electron chi connectivity index (χ0n) is 10.8. The van der Waals surface area contributed by atoms with E-state index in [1.807, 2.05) is 0 Å². The Balaban J connectivity index is 2.80. The number of hydrogen-bond donors (Lipinski definition) is 0. The Morgan fingerprint density at radius 1 is 1.29 bits per heavy atom. The van der Waals surface area contributed by atoms with Gasteiger partial charge in [0.25, 0.3) is 0 Å². The minimum Gasteiger partial charge on any atom is -0.358 e. The van der Waals surface area contributed by atoms with Crippen LogP contribution in [-0.2, 0) is 11.3 Å². The van der Waals surface area contributed by atoms with Crippen molar-refractivity contribution in [2.75, 3.05) is 0 Å². The first-order valence-electron chi connectivity index (χ1n) is 5.51. The lowest BCUT2D eigenvalue weighted by atomic mass is 10.2. The van der Waals surface area contributed by atoms with Crippen molar-refractivity contribution in [3.8, 4) is 11.4 Å². The van der Waals surface area contributed by atoms with Gasteiger partial charge in [-0.25, -0.2) is 4.63 Å². The average Bonchev–Trinajstić information content (AvgIpc) is 2.91. The standard InChI is InChI=1S/C9H8N6O6/c1-4(16)3-13-7(6-5(2)11-21-12-6)8(14(17)18)9(10-13)15(19)20/h3H2,1-2H3. The molecule has 0 aliphatic rings. The van der Waals surface area contributed by atoms with E-state index in [-0.39, 0.29) is 23.6 Å². The zero-order valence-corrected chi connectivity index (χ0v) is 10.8. The lowest BCUT2D eigenvalue weighted by molar-refractivity contribution is -0.424. The van der Waals surface area contributed by atoms with Gasteiger partial charge in [-0.2, -0.15) is 4.68 Å². The van der Waals surface area contributed by atoms with Gasteiger partial charge in [0, 0.05) is 0 Å². The van der Waals surface area contributed by atoms with Crippen molar-refractivity contribution in [1.29, 1.82) is 0 Å². The second kappa shape index (κ2) is 5.07. The van der Waals surface area contributed by atoms with Crippen molar-refractivity contribution in [1.82, 2.24) is 20.1 Å². The first kappa shape index (κ1) is 14.2. The van der Waals surface area contributed by atoms with Crippen LogP contribution in [-0.4, -0.2) is 35.7 Å². The van der Waals surface area contributed by atoms with Gasteiger partial charge in [-0.3, -0.25) is 14.9 Å². The van der Waals surface area contributed by atoms with E-state index in [4.69, 9.17) is 0 Å². The van der Waals surface area contributed by atoms with Crippen molar-refractivity contribution < 1.29 is 19.3 Å². The highest BCUT2D eigenvalue weighted by Crippen LogP contribution is 2.37. The van der Waals surface area contributed by atoms with Crippen LogP contribution in [0.4, 0.5) is 11.5 Å². The highest BCUT2D eigenvalue weighted by Gasteiger charge is 2.40. The van der Waals surface area contributed by atoms with E-state index in [2.05, 4.69) is 20.0 Å². The molecule has 12 heteroatoms. The maximum Gasteiger partial charge on any atom is 0.468 e. The van der Waals surface area contributed by atoms with E-state index in [0.717, 1.165) is 4.68 Å². The molecule has 0 atom stereocenters. The molecular formula is C9H8N6O6. The van der Waals surface area contributed by atoms with Crippen LogP contribution in [0.3, 0.4) is 0 Å². The van der Waals surface area contributed by atoms with Gasteiger partial charge in [0.05, 0.1) is 10.0 Å². The monoisotopic (exact) mass is 296 g/mol. The van der Waals surface area contributed by atoms with Crippen LogP contribution >= 0.6 is 0 Å². The maximum atomic E-state index is 11.2. The normalized spacial score (nSPS) is 10.6. The lowest BCUT2D eigenvalue weighted by Crippen LogP contribution is -2.10. The molecule has 0 bridgehead atoms. The molecule has 0 N–H and O–H groups in total. The van der Waals surface area contributed by atoms with Crippen molar-refractivity contribution in [3.63, 3.8) is 0 Å². The number of Topliss-reactive ketones (excluding diaryl/α,β-unsaturated/α-hetero) is 1. The van der Waals surface area contributed by atoms with Gasteiger partial charge in [0.2, 0.25) is 5.69 Å². The molecule has 21 heavy (non-hydrogen) atoms. The highest BCUT2D eigenvalue weighted by molar-refractivity contribution is 5.79. The quantitative estimate of drug-likeness (QED) is 0.569. The maximum absolute atomic E-state index is 11.2. The molecule has 0 saturated carbocycles. The lowest BCUT2D eigenvalue weighted by Gasteiger charge is -1.97. The van der Waals surface area contributed by atoms with E-state index < -0.39 is 27.1 Å². The average molecular weight is 296 g/mol. The Bertz CT molecular complexity index is 746. The highest BCUT2D eigenvalue weighted by atomic mass is 16.6. The van der Waals surface area contributed by atoms with Gasteiger partial charge in [-0.1, -0.05) is 5.16 Å². The predicted molar refractivity (Wildman–Crippen MR) is 64.2 cm³/mol. The summed E-state index contributed by atoms with van der Waals surface area (Å²) in [7, 11) is 0. The van der Waals surface area contributed by atoms with E-state index in [0.29, 0.717) is 0 Å².